The van der Waals surface area contributed by atoms with Crippen molar-refractivity contribution in [2.24, 2.45) is 0 Å². The average molecular weight is 410 g/mol. The summed E-state index contributed by atoms with van der Waals surface area (Å²) in [5, 5.41) is 10.7. The molecule has 0 aliphatic rings. The molecular formula is C24H25O4S+. The van der Waals surface area contributed by atoms with Gasteiger partial charge >= 0.3 is 5.97 Å². The van der Waals surface area contributed by atoms with E-state index in [1.165, 1.54) is 0 Å². The van der Waals surface area contributed by atoms with Crippen LogP contribution >= 0.6 is 0 Å². The molecule has 1 N–H and O–H groups in total. The smallest absolute Gasteiger partial charge is 0.344 e. The molecule has 0 atom stereocenters. The molecule has 150 valence electrons. The van der Waals surface area contributed by atoms with E-state index in [-0.39, 0.29) is 12.4 Å². The number of phenolic OH excluding ortho intramolecular Hbond substituents is 1. The Kier molecular flexibility index (Phi) is 6.49. The molecule has 3 aromatic rings. The van der Waals surface area contributed by atoms with Crippen molar-refractivity contribution in [2.75, 3.05) is 6.61 Å². The van der Waals surface area contributed by atoms with E-state index in [0.717, 1.165) is 14.7 Å². The molecular weight excluding hydrogens is 384 g/mol. The number of rotatable bonds is 6. The topological polar surface area (TPSA) is 55.8 Å². The lowest BCUT2D eigenvalue weighted by atomic mass is 10.2. The Labute approximate surface area is 174 Å². The third-order valence-electron chi connectivity index (χ3n) is 3.88. The van der Waals surface area contributed by atoms with Crippen LogP contribution in [-0.2, 0) is 20.4 Å². The largest absolute Gasteiger partial charge is 0.503 e. The Morgan fingerprint density at radius 3 is 1.93 bits per heavy atom. The van der Waals surface area contributed by atoms with Crippen LogP contribution in [0, 0.1) is 0 Å². The van der Waals surface area contributed by atoms with Crippen molar-refractivity contribution in [1.82, 2.24) is 0 Å². The first kappa shape index (κ1) is 20.8. The Balaban J connectivity index is 1.84. The summed E-state index contributed by atoms with van der Waals surface area (Å²) >= 11 is 0. The normalized spacial score (nSPS) is 11.3. The highest BCUT2D eigenvalue weighted by Gasteiger charge is 2.31. The summed E-state index contributed by atoms with van der Waals surface area (Å²) < 4.78 is 10.8. The molecule has 0 aliphatic carbocycles. The molecule has 0 saturated heterocycles. The standard InChI is InChI=1S/C24H24O4S/c1-24(2,3)28-23(26)17-27-18-14-15-22(21(25)16-18)29(19-10-6-4-7-11-19)20-12-8-5-9-13-20/h4-16H,17H2,1-3H3/p+1. The van der Waals surface area contributed by atoms with Gasteiger partial charge in [0.05, 0.1) is 0 Å². The van der Waals surface area contributed by atoms with Crippen molar-refractivity contribution in [3.05, 3.63) is 78.9 Å². The fourth-order valence-electron chi connectivity index (χ4n) is 2.78. The number of carbonyl (C=O) groups excluding carboxylic acids is 1. The SMILES string of the molecule is CC(C)(C)OC(=O)COc1ccc([S+](c2ccccc2)c2ccccc2)c(O)c1. The van der Waals surface area contributed by atoms with Crippen molar-refractivity contribution in [3.8, 4) is 11.5 Å². The number of carbonyl (C=O) groups is 1. The molecule has 5 heteroatoms. The quantitative estimate of drug-likeness (QED) is 0.449. The highest BCUT2D eigenvalue weighted by Crippen LogP contribution is 2.37. The van der Waals surface area contributed by atoms with Gasteiger partial charge in [-0.1, -0.05) is 36.4 Å². The monoisotopic (exact) mass is 409 g/mol. The van der Waals surface area contributed by atoms with Gasteiger partial charge in [0.25, 0.3) is 0 Å². The van der Waals surface area contributed by atoms with Gasteiger partial charge in [0.1, 0.15) is 22.2 Å². The summed E-state index contributed by atoms with van der Waals surface area (Å²) in [5.41, 5.74) is -0.563. The lowest BCUT2D eigenvalue weighted by molar-refractivity contribution is -0.157. The molecule has 0 amide bonds. The van der Waals surface area contributed by atoms with E-state index in [1.807, 2.05) is 42.5 Å². The van der Waals surface area contributed by atoms with Crippen molar-refractivity contribution in [2.45, 2.75) is 41.1 Å². The third kappa shape index (κ3) is 5.78. The van der Waals surface area contributed by atoms with Gasteiger partial charge in [0, 0.05) is 12.1 Å². The van der Waals surface area contributed by atoms with Crippen LogP contribution in [0.4, 0.5) is 0 Å². The minimum absolute atomic E-state index is 0.128. The summed E-state index contributed by atoms with van der Waals surface area (Å²) in [6.45, 7) is 5.21. The van der Waals surface area contributed by atoms with Gasteiger partial charge in [-0.3, -0.25) is 0 Å². The van der Waals surface area contributed by atoms with Crippen molar-refractivity contribution < 1.29 is 19.4 Å². The van der Waals surface area contributed by atoms with E-state index in [1.54, 1.807) is 32.9 Å². The molecule has 0 radical (unpaired) electrons. The third-order valence-corrected chi connectivity index (χ3v) is 6.16. The second-order valence-corrected chi connectivity index (χ2v) is 9.43. The van der Waals surface area contributed by atoms with Gasteiger partial charge in [-0.2, -0.15) is 0 Å². The van der Waals surface area contributed by atoms with Crippen molar-refractivity contribution >= 4 is 16.9 Å². The van der Waals surface area contributed by atoms with Gasteiger partial charge in [0.15, 0.2) is 22.1 Å². The maximum Gasteiger partial charge on any atom is 0.344 e. The van der Waals surface area contributed by atoms with Gasteiger partial charge in [-0.05, 0) is 51.1 Å². The van der Waals surface area contributed by atoms with Gasteiger partial charge in [-0.25, -0.2) is 4.79 Å². The Hall–Kier alpha value is -2.92. The molecule has 0 heterocycles. The summed E-state index contributed by atoms with van der Waals surface area (Å²) in [5.74, 6) is 0.0962. The highest BCUT2D eigenvalue weighted by atomic mass is 32.2. The van der Waals surface area contributed by atoms with Crippen molar-refractivity contribution in [3.63, 3.8) is 0 Å². The lowest BCUT2D eigenvalue weighted by Gasteiger charge is -2.19. The molecule has 4 nitrogen and oxygen atoms in total. The van der Waals surface area contributed by atoms with Gasteiger partial charge in [-0.15, -0.1) is 0 Å². The first-order chi connectivity index (χ1) is 13.8. The van der Waals surface area contributed by atoms with E-state index in [2.05, 4.69) is 24.3 Å². The molecule has 0 fully saturated rings. The zero-order valence-corrected chi connectivity index (χ0v) is 17.6. The second kappa shape index (κ2) is 9.05. The molecule has 0 unspecified atom stereocenters. The van der Waals surface area contributed by atoms with Crippen LogP contribution in [0.25, 0.3) is 0 Å². The lowest BCUT2D eigenvalue weighted by Crippen LogP contribution is -2.27. The Morgan fingerprint density at radius 2 is 1.45 bits per heavy atom. The number of aromatic hydroxyl groups is 1. The van der Waals surface area contributed by atoms with Crippen LogP contribution in [-0.4, -0.2) is 23.3 Å². The van der Waals surface area contributed by atoms with Gasteiger partial charge < -0.3 is 14.6 Å². The zero-order chi connectivity index (χ0) is 20.9. The predicted octanol–water partition coefficient (Wildman–Crippen LogP) is 5.21. The molecule has 3 rings (SSSR count). The number of hydrogen-bond acceptors (Lipinski definition) is 4. The van der Waals surface area contributed by atoms with E-state index in [9.17, 15) is 9.90 Å². The van der Waals surface area contributed by atoms with Crippen LogP contribution in [0.5, 0.6) is 11.5 Å². The summed E-state index contributed by atoms with van der Waals surface area (Å²) in [7, 11) is -0.458. The van der Waals surface area contributed by atoms with Crippen LogP contribution in [0.3, 0.4) is 0 Å². The fourth-order valence-corrected chi connectivity index (χ4v) is 4.89. The van der Waals surface area contributed by atoms with Crippen LogP contribution in [0.2, 0.25) is 0 Å². The molecule has 0 saturated carbocycles. The molecule has 0 spiro atoms. The first-order valence-corrected chi connectivity index (χ1v) is 10.6. The fraction of sp³-hybridized carbons (Fsp3) is 0.208. The molecule has 0 aliphatic heterocycles. The number of ether oxygens (including phenoxy) is 2. The summed E-state index contributed by atoms with van der Waals surface area (Å²) in [6, 6.07) is 25.3. The minimum atomic E-state index is -0.563. The van der Waals surface area contributed by atoms with E-state index in [4.69, 9.17) is 9.47 Å². The first-order valence-electron chi connectivity index (χ1n) is 9.35. The van der Waals surface area contributed by atoms with E-state index in [0.29, 0.717) is 5.75 Å². The number of phenols is 1. The number of benzene rings is 3. The van der Waals surface area contributed by atoms with Crippen molar-refractivity contribution in [1.29, 1.82) is 0 Å². The predicted molar refractivity (Wildman–Crippen MR) is 114 cm³/mol. The molecule has 29 heavy (non-hydrogen) atoms. The highest BCUT2D eigenvalue weighted by molar-refractivity contribution is 7.97. The summed E-state index contributed by atoms with van der Waals surface area (Å²) in [4.78, 5) is 14.9. The van der Waals surface area contributed by atoms with E-state index >= 15 is 0 Å². The Bertz CT molecular complexity index is 910. The van der Waals surface area contributed by atoms with Crippen LogP contribution < -0.4 is 4.74 Å². The Morgan fingerprint density at radius 1 is 0.897 bits per heavy atom. The minimum Gasteiger partial charge on any atom is -0.503 e. The second-order valence-electron chi connectivity index (χ2n) is 7.44. The van der Waals surface area contributed by atoms with Crippen LogP contribution in [0.1, 0.15) is 20.8 Å². The average Bonchev–Trinajstić information content (AvgIpc) is 2.68. The zero-order valence-electron chi connectivity index (χ0n) is 16.8. The maximum absolute atomic E-state index is 11.9. The number of esters is 1. The maximum atomic E-state index is 11.9. The van der Waals surface area contributed by atoms with Gasteiger partial charge in [0.2, 0.25) is 4.90 Å². The molecule has 0 bridgehead atoms. The molecule has 3 aromatic carbocycles. The number of hydrogen-bond donors (Lipinski definition) is 1. The summed E-state index contributed by atoms with van der Waals surface area (Å²) in [6.07, 6.45) is 0. The van der Waals surface area contributed by atoms with Crippen LogP contribution in [0.15, 0.2) is 93.5 Å². The van der Waals surface area contributed by atoms with E-state index < -0.39 is 22.5 Å². The molecule has 0 aromatic heterocycles.